The van der Waals surface area contributed by atoms with E-state index < -0.39 is 12.3 Å². The minimum absolute atomic E-state index is 0.435. The molecule has 0 radical (unpaired) electrons. The van der Waals surface area contributed by atoms with E-state index in [0.29, 0.717) is 11.1 Å². The van der Waals surface area contributed by atoms with Crippen molar-refractivity contribution >= 4 is 5.97 Å². The summed E-state index contributed by atoms with van der Waals surface area (Å²) in [6.45, 7) is 1.82. The highest BCUT2D eigenvalue weighted by Crippen LogP contribution is 2.30. The lowest BCUT2D eigenvalue weighted by Gasteiger charge is -2.00. The number of fused-ring (bicyclic) bond motifs is 1. The number of hydrogen-bond acceptors (Lipinski definition) is 3. The van der Waals surface area contributed by atoms with Crippen LogP contribution in [0.4, 0.5) is 0 Å². The van der Waals surface area contributed by atoms with Crippen molar-refractivity contribution in [1.29, 1.82) is 0 Å². The van der Waals surface area contributed by atoms with Gasteiger partial charge in [0.2, 0.25) is 6.29 Å². The fourth-order valence-electron chi connectivity index (χ4n) is 1.40. The number of aryl methyl sites for hydroxylation is 1. The third kappa shape index (κ3) is 0.833. The first kappa shape index (κ1) is 7.31. The van der Waals surface area contributed by atoms with Gasteiger partial charge >= 0.3 is 5.97 Å². The largest absolute Gasteiger partial charge is 0.428 e. The molecule has 0 saturated heterocycles. The molecule has 62 valence electrons. The Morgan fingerprint density at radius 1 is 1.50 bits per heavy atom. The van der Waals surface area contributed by atoms with E-state index in [2.05, 4.69) is 4.74 Å². The second kappa shape index (κ2) is 2.32. The standard InChI is InChI=1S/C9H8O3/c1-5-3-2-4-6-7(5)9(11)12-8(6)10/h2-4,8,10H,1H3. The molecule has 0 saturated carbocycles. The molecular weight excluding hydrogens is 156 g/mol. The van der Waals surface area contributed by atoms with Crippen LogP contribution in [0.1, 0.15) is 27.8 Å². The second-order valence-corrected chi connectivity index (χ2v) is 2.80. The summed E-state index contributed by atoms with van der Waals surface area (Å²) in [5.41, 5.74) is 1.92. The molecule has 0 aliphatic carbocycles. The SMILES string of the molecule is Cc1cccc2c1C(=O)OC2O. The van der Waals surface area contributed by atoms with Crippen LogP contribution in [0.5, 0.6) is 0 Å². The van der Waals surface area contributed by atoms with Crippen molar-refractivity contribution < 1.29 is 14.6 Å². The maximum atomic E-state index is 11.1. The third-order valence-electron chi connectivity index (χ3n) is 1.99. The molecule has 0 amide bonds. The van der Waals surface area contributed by atoms with Gasteiger partial charge in [0.15, 0.2) is 0 Å². The first-order valence-electron chi connectivity index (χ1n) is 3.68. The molecular formula is C9H8O3. The minimum Gasteiger partial charge on any atom is -0.428 e. The summed E-state index contributed by atoms with van der Waals surface area (Å²) in [5, 5.41) is 9.23. The molecule has 12 heavy (non-hydrogen) atoms. The van der Waals surface area contributed by atoms with Crippen molar-refractivity contribution in [3.8, 4) is 0 Å². The maximum absolute atomic E-state index is 11.1. The van der Waals surface area contributed by atoms with Gasteiger partial charge in [0, 0.05) is 5.56 Å². The molecule has 1 heterocycles. The quantitative estimate of drug-likeness (QED) is 0.585. The number of carbonyl (C=O) groups is 1. The number of carbonyl (C=O) groups excluding carboxylic acids is 1. The Labute approximate surface area is 69.6 Å². The van der Waals surface area contributed by atoms with Crippen LogP contribution in [-0.4, -0.2) is 11.1 Å². The molecule has 0 bridgehead atoms. The molecule has 0 spiro atoms. The Kier molecular flexibility index (Phi) is 1.41. The van der Waals surface area contributed by atoms with E-state index in [1.165, 1.54) is 0 Å². The highest BCUT2D eigenvalue weighted by Gasteiger charge is 2.30. The number of benzene rings is 1. The van der Waals surface area contributed by atoms with Gasteiger partial charge in [-0.25, -0.2) is 4.79 Å². The summed E-state index contributed by atoms with van der Waals surface area (Å²) >= 11 is 0. The van der Waals surface area contributed by atoms with Gasteiger partial charge < -0.3 is 9.84 Å². The molecule has 1 aromatic carbocycles. The number of cyclic esters (lactones) is 1. The molecule has 0 fully saturated rings. The Morgan fingerprint density at radius 2 is 2.25 bits per heavy atom. The van der Waals surface area contributed by atoms with Gasteiger partial charge in [0.25, 0.3) is 0 Å². The minimum atomic E-state index is -1.08. The Balaban J connectivity index is 2.67. The lowest BCUT2D eigenvalue weighted by atomic mass is 10.0. The number of rotatable bonds is 0. The van der Waals surface area contributed by atoms with E-state index >= 15 is 0 Å². The predicted molar refractivity (Wildman–Crippen MR) is 41.6 cm³/mol. The molecule has 1 unspecified atom stereocenters. The highest BCUT2D eigenvalue weighted by atomic mass is 16.6. The van der Waals surface area contributed by atoms with Gasteiger partial charge in [-0.1, -0.05) is 18.2 Å². The molecule has 3 nitrogen and oxygen atoms in total. The van der Waals surface area contributed by atoms with Gasteiger partial charge in [0.05, 0.1) is 5.56 Å². The molecule has 1 aliphatic rings. The highest BCUT2D eigenvalue weighted by molar-refractivity contribution is 5.95. The van der Waals surface area contributed by atoms with Crippen molar-refractivity contribution in [1.82, 2.24) is 0 Å². The van der Waals surface area contributed by atoms with Crippen molar-refractivity contribution in [3.05, 3.63) is 34.9 Å². The van der Waals surface area contributed by atoms with Crippen molar-refractivity contribution in [2.24, 2.45) is 0 Å². The van der Waals surface area contributed by atoms with Crippen LogP contribution >= 0.6 is 0 Å². The molecule has 1 aliphatic heterocycles. The second-order valence-electron chi connectivity index (χ2n) is 2.80. The van der Waals surface area contributed by atoms with Gasteiger partial charge in [-0.05, 0) is 12.5 Å². The number of esters is 1. The van der Waals surface area contributed by atoms with E-state index in [1.54, 1.807) is 12.1 Å². The number of aliphatic hydroxyl groups is 1. The molecule has 0 aromatic heterocycles. The zero-order chi connectivity index (χ0) is 8.72. The van der Waals surface area contributed by atoms with Crippen molar-refractivity contribution in [2.45, 2.75) is 13.2 Å². The van der Waals surface area contributed by atoms with Gasteiger partial charge in [-0.2, -0.15) is 0 Å². The van der Waals surface area contributed by atoms with Crippen LogP contribution in [-0.2, 0) is 4.74 Å². The summed E-state index contributed by atoms with van der Waals surface area (Å²) in [4.78, 5) is 11.1. The summed E-state index contributed by atoms with van der Waals surface area (Å²) < 4.78 is 4.63. The Hall–Kier alpha value is -1.35. The maximum Gasteiger partial charge on any atom is 0.341 e. The van der Waals surface area contributed by atoms with Crippen LogP contribution in [0.2, 0.25) is 0 Å². The molecule has 1 aromatic rings. The number of aliphatic hydroxyl groups excluding tert-OH is 1. The van der Waals surface area contributed by atoms with Crippen molar-refractivity contribution in [3.63, 3.8) is 0 Å². The fraction of sp³-hybridized carbons (Fsp3) is 0.222. The van der Waals surface area contributed by atoms with E-state index in [1.807, 2.05) is 13.0 Å². The first-order chi connectivity index (χ1) is 5.70. The van der Waals surface area contributed by atoms with Crippen LogP contribution in [0.25, 0.3) is 0 Å². The van der Waals surface area contributed by atoms with Crippen LogP contribution in [0.15, 0.2) is 18.2 Å². The molecule has 1 atom stereocenters. The van der Waals surface area contributed by atoms with Gasteiger partial charge in [-0.15, -0.1) is 0 Å². The summed E-state index contributed by atoms with van der Waals surface area (Å²) in [5.74, 6) is -0.435. The fourth-order valence-corrected chi connectivity index (χ4v) is 1.40. The van der Waals surface area contributed by atoms with Gasteiger partial charge in [-0.3, -0.25) is 0 Å². The summed E-state index contributed by atoms with van der Waals surface area (Å²) in [7, 11) is 0. The molecule has 2 rings (SSSR count). The average molecular weight is 164 g/mol. The average Bonchev–Trinajstić information content (AvgIpc) is 2.29. The van der Waals surface area contributed by atoms with Crippen molar-refractivity contribution in [2.75, 3.05) is 0 Å². The number of hydrogen-bond donors (Lipinski definition) is 1. The lowest BCUT2D eigenvalue weighted by molar-refractivity contribution is -0.0547. The zero-order valence-electron chi connectivity index (χ0n) is 6.57. The summed E-state index contributed by atoms with van der Waals surface area (Å²) in [6, 6.07) is 5.30. The first-order valence-corrected chi connectivity index (χ1v) is 3.68. The van der Waals surface area contributed by atoms with Crippen LogP contribution in [0.3, 0.4) is 0 Å². The molecule has 3 heteroatoms. The predicted octanol–water partition coefficient (Wildman–Crippen LogP) is 1.16. The van der Waals surface area contributed by atoms with Crippen LogP contribution in [0, 0.1) is 6.92 Å². The van der Waals surface area contributed by atoms with Gasteiger partial charge in [0.1, 0.15) is 0 Å². The van der Waals surface area contributed by atoms with E-state index in [9.17, 15) is 9.90 Å². The van der Waals surface area contributed by atoms with E-state index in [4.69, 9.17) is 0 Å². The van der Waals surface area contributed by atoms with E-state index in [-0.39, 0.29) is 0 Å². The monoisotopic (exact) mass is 164 g/mol. The smallest absolute Gasteiger partial charge is 0.341 e. The Bertz CT molecular complexity index is 344. The lowest BCUT2D eigenvalue weighted by Crippen LogP contribution is -1.97. The van der Waals surface area contributed by atoms with Crippen LogP contribution < -0.4 is 0 Å². The normalized spacial score (nSPS) is 20.5. The summed E-state index contributed by atoms with van der Waals surface area (Å²) in [6.07, 6.45) is -1.08. The Morgan fingerprint density at radius 3 is 2.92 bits per heavy atom. The van der Waals surface area contributed by atoms with E-state index in [0.717, 1.165) is 5.56 Å². The zero-order valence-corrected chi connectivity index (χ0v) is 6.57. The third-order valence-corrected chi connectivity index (χ3v) is 1.99. The number of ether oxygens (including phenoxy) is 1. The molecule has 1 N–H and O–H groups in total. The topological polar surface area (TPSA) is 46.5 Å².